The summed E-state index contributed by atoms with van der Waals surface area (Å²) in [6.07, 6.45) is 0. The molecule has 2 N–H and O–H groups in total. The van der Waals surface area contributed by atoms with Crippen molar-refractivity contribution in [3.63, 3.8) is 0 Å². The average molecular weight is 521 g/mol. The third kappa shape index (κ3) is 4.17. The monoisotopic (exact) mass is 520 g/mol. The van der Waals surface area contributed by atoms with E-state index in [0.717, 1.165) is 33.4 Å². The molecule has 0 radical (unpaired) electrons. The number of anilines is 1. The van der Waals surface area contributed by atoms with Crippen LogP contribution in [0.2, 0.25) is 5.02 Å². The number of hydrogen-bond acceptors (Lipinski definition) is 5. The number of rotatable bonds is 5. The van der Waals surface area contributed by atoms with Crippen LogP contribution in [-0.2, 0) is 0 Å². The van der Waals surface area contributed by atoms with Gasteiger partial charge in [0.15, 0.2) is 5.78 Å². The molecule has 2 aromatic heterocycles. The van der Waals surface area contributed by atoms with Crippen LogP contribution in [-0.4, -0.2) is 22.4 Å². The lowest BCUT2D eigenvalue weighted by Crippen LogP contribution is -2.01. The van der Waals surface area contributed by atoms with Crippen LogP contribution in [0, 0.1) is 25.2 Å². The van der Waals surface area contributed by atoms with Crippen LogP contribution >= 0.6 is 11.6 Å². The molecule has 0 amide bonds. The minimum absolute atomic E-state index is 0.0288. The van der Waals surface area contributed by atoms with E-state index in [-0.39, 0.29) is 17.2 Å². The first-order valence-corrected chi connectivity index (χ1v) is 12.4. The molecule has 7 heteroatoms. The Balaban J connectivity index is 1.83. The van der Waals surface area contributed by atoms with Crippen molar-refractivity contribution in [3.8, 4) is 39.9 Å². The van der Waals surface area contributed by atoms with Gasteiger partial charge in [-0.15, -0.1) is 0 Å². The maximum atomic E-state index is 12.8. The number of carbonyl (C=O) groups excluding carboxylic acids is 1. The zero-order valence-corrected chi connectivity index (χ0v) is 22.2. The number of nitrogens with zero attached hydrogens (tertiary/aromatic N) is 3. The summed E-state index contributed by atoms with van der Waals surface area (Å²) in [5, 5.41) is 11.2. The smallest absolute Gasteiger partial charge is 0.162 e. The van der Waals surface area contributed by atoms with Crippen molar-refractivity contribution in [1.82, 2.24) is 9.55 Å². The molecule has 0 unspecified atom stereocenters. The molecule has 0 saturated carbocycles. The number of fused-ring (bicyclic) bond motifs is 1. The number of Topliss-reactive ketones (excluding diaryl/α,β-unsaturated/α-hetero) is 1. The van der Waals surface area contributed by atoms with Gasteiger partial charge in [0.05, 0.1) is 18.3 Å². The molecular weight excluding hydrogens is 496 g/mol. The zero-order chi connectivity index (χ0) is 27.1. The second-order valence-corrected chi connectivity index (χ2v) is 9.63. The molecule has 5 aromatic rings. The Morgan fingerprint density at radius 1 is 1.03 bits per heavy atom. The quantitative estimate of drug-likeness (QED) is 0.245. The molecule has 3 aromatic carbocycles. The van der Waals surface area contributed by atoms with Gasteiger partial charge in [0.2, 0.25) is 0 Å². The number of ether oxygens (including phenoxy) is 1. The molecule has 0 aliphatic heterocycles. The summed E-state index contributed by atoms with van der Waals surface area (Å²) in [4.78, 5) is 17.3. The molecule has 0 bridgehead atoms. The molecule has 0 spiro atoms. The Labute approximate surface area is 225 Å². The molecule has 38 heavy (non-hydrogen) atoms. The molecule has 0 aliphatic rings. The number of aromatic nitrogens is 2. The third-order valence-electron chi connectivity index (χ3n) is 6.76. The normalized spacial score (nSPS) is 10.9. The van der Waals surface area contributed by atoms with E-state index < -0.39 is 0 Å². The van der Waals surface area contributed by atoms with Gasteiger partial charge in [-0.2, -0.15) is 5.26 Å². The average Bonchev–Trinajstić information content (AvgIpc) is 3.19. The van der Waals surface area contributed by atoms with Gasteiger partial charge >= 0.3 is 0 Å². The van der Waals surface area contributed by atoms with E-state index in [9.17, 15) is 10.1 Å². The van der Waals surface area contributed by atoms with Crippen LogP contribution in [0.25, 0.3) is 39.0 Å². The van der Waals surface area contributed by atoms with Gasteiger partial charge in [-0.05, 0) is 68.8 Å². The van der Waals surface area contributed by atoms with Crippen LogP contribution in [0.1, 0.15) is 34.1 Å². The highest BCUT2D eigenvalue weighted by Crippen LogP contribution is 2.40. The summed E-state index contributed by atoms with van der Waals surface area (Å²) >= 11 is 6.09. The molecule has 188 valence electrons. The van der Waals surface area contributed by atoms with Crippen molar-refractivity contribution in [2.75, 3.05) is 12.8 Å². The zero-order valence-electron chi connectivity index (χ0n) is 21.5. The van der Waals surface area contributed by atoms with Gasteiger partial charge in [0.1, 0.15) is 23.2 Å². The SMILES string of the molecule is COc1cc2c(C(C)=O)c(C)n(-c3ccc(C)cc3)c2cc1-c1cc(-c2ccc(Cl)cc2)c(C#N)c(N)n1. The second-order valence-electron chi connectivity index (χ2n) is 9.19. The number of pyridine rings is 1. The number of benzene rings is 3. The number of hydrogen-bond donors (Lipinski definition) is 1. The maximum absolute atomic E-state index is 12.8. The minimum atomic E-state index is -0.0288. The first kappa shape index (κ1) is 25.1. The van der Waals surface area contributed by atoms with Crippen LogP contribution < -0.4 is 10.5 Å². The Kier molecular flexibility index (Phi) is 6.40. The molecular formula is C31H25ClN4O2. The lowest BCUT2D eigenvalue weighted by atomic mass is 9.97. The molecule has 2 heterocycles. The number of carbonyl (C=O) groups is 1. The van der Waals surface area contributed by atoms with Gasteiger partial charge in [-0.3, -0.25) is 4.79 Å². The van der Waals surface area contributed by atoms with Crippen molar-refractivity contribution < 1.29 is 9.53 Å². The van der Waals surface area contributed by atoms with E-state index in [0.29, 0.717) is 33.2 Å². The number of aryl methyl sites for hydroxylation is 1. The van der Waals surface area contributed by atoms with Crippen molar-refractivity contribution in [1.29, 1.82) is 5.26 Å². The molecule has 0 saturated heterocycles. The Hall–Kier alpha value is -4.60. The highest BCUT2D eigenvalue weighted by molar-refractivity contribution is 6.30. The van der Waals surface area contributed by atoms with Gasteiger partial charge in [-0.25, -0.2) is 4.98 Å². The largest absolute Gasteiger partial charge is 0.496 e. The topological polar surface area (TPSA) is 93.9 Å². The number of methoxy groups -OCH3 is 1. The first-order valence-electron chi connectivity index (χ1n) is 12.0. The Bertz CT molecular complexity index is 1760. The van der Waals surface area contributed by atoms with Crippen LogP contribution in [0.15, 0.2) is 66.7 Å². The molecule has 5 rings (SSSR count). The van der Waals surface area contributed by atoms with E-state index in [1.807, 2.05) is 68.4 Å². The van der Waals surface area contributed by atoms with Gasteiger partial charge < -0.3 is 15.0 Å². The highest BCUT2D eigenvalue weighted by atomic mass is 35.5. The molecule has 0 aliphatic carbocycles. The number of nitrogens with two attached hydrogens (primary N) is 1. The summed E-state index contributed by atoms with van der Waals surface area (Å²) in [7, 11) is 1.58. The van der Waals surface area contributed by atoms with Gasteiger partial charge in [0, 0.05) is 38.5 Å². The summed E-state index contributed by atoms with van der Waals surface area (Å²) in [5.41, 5.74) is 13.6. The fourth-order valence-electron chi connectivity index (χ4n) is 4.96. The van der Waals surface area contributed by atoms with E-state index in [1.165, 1.54) is 0 Å². The summed E-state index contributed by atoms with van der Waals surface area (Å²) in [5.74, 6) is 0.630. The summed E-state index contributed by atoms with van der Waals surface area (Å²) in [6, 6.07) is 23.2. The predicted octanol–water partition coefficient (Wildman–Crippen LogP) is 7.29. The standard InChI is InChI=1S/C31H25ClN4O2/c1-17-5-11-22(12-6-17)36-18(2)30(19(3)37)25-15-29(38-4)24(14-28(25)36)27-13-23(26(16-33)31(34)35-27)20-7-9-21(32)10-8-20/h5-15H,1-4H3,(H2,34,35). The van der Waals surface area contributed by atoms with Crippen molar-refractivity contribution >= 4 is 34.1 Å². The Morgan fingerprint density at radius 3 is 2.32 bits per heavy atom. The lowest BCUT2D eigenvalue weighted by molar-refractivity contribution is 0.101. The third-order valence-corrected chi connectivity index (χ3v) is 7.01. The molecule has 0 atom stereocenters. The van der Waals surface area contributed by atoms with Crippen molar-refractivity contribution in [2.45, 2.75) is 20.8 Å². The van der Waals surface area contributed by atoms with E-state index in [2.05, 4.69) is 15.6 Å². The lowest BCUT2D eigenvalue weighted by Gasteiger charge is -2.14. The fraction of sp³-hybridized carbons (Fsp3) is 0.129. The van der Waals surface area contributed by atoms with Gasteiger partial charge in [-0.1, -0.05) is 41.4 Å². The summed E-state index contributed by atoms with van der Waals surface area (Å²) < 4.78 is 7.86. The number of nitriles is 1. The number of nitrogen functional groups attached to an aromatic ring is 1. The first-order chi connectivity index (χ1) is 18.2. The minimum Gasteiger partial charge on any atom is -0.496 e. The van der Waals surface area contributed by atoms with Crippen LogP contribution in [0.5, 0.6) is 5.75 Å². The predicted molar refractivity (Wildman–Crippen MR) is 152 cm³/mol. The van der Waals surface area contributed by atoms with Gasteiger partial charge in [0.25, 0.3) is 0 Å². The number of halogens is 1. The Morgan fingerprint density at radius 2 is 1.71 bits per heavy atom. The van der Waals surface area contributed by atoms with E-state index in [4.69, 9.17) is 22.1 Å². The van der Waals surface area contributed by atoms with E-state index >= 15 is 0 Å². The van der Waals surface area contributed by atoms with Crippen LogP contribution in [0.4, 0.5) is 5.82 Å². The molecule has 6 nitrogen and oxygen atoms in total. The highest BCUT2D eigenvalue weighted by Gasteiger charge is 2.23. The van der Waals surface area contributed by atoms with Crippen molar-refractivity contribution in [3.05, 3.63) is 94.1 Å². The number of ketones is 1. The van der Waals surface area contributed by atoms with Crippen molar-refractivity contribution in [2.24, 2.45) is 0 Å². The fourth-order valence-corrected chi connectivity index (χ4v) is 5.08. The molecule has 0 fully saturated rings. The summed E-state index contributed by atoms with van der Waals surface area (Å²) in [6.45, 7) is 5.55. The second kappa shape index (κ2) is 9.70. The van der Waals surface area contributed by atoms with E-state index in [1.54, 1.807) is 26.2 Å². The van der Waals surface area contributed by atoms with Crippen LogP contribution in [0.3, 0.4) is 0 Å². The maximum Gasteiger partial charge on any atom is 0.162 e.